The molecule has 0 fully saturated rings. The zero-order valence-electron chi connectivity index (χ0n) is 13.7. The van der Waals surface area contributed by atoms with E-state index in [2.05, 4.69) is 9.97 Å². The molecule has 1 aliphatic carbocycles. The minimum atomic E-state index is 0.328. The van der Waals surface area contributed by atoms with Crippen molar-refractivity contribution in [1.82, 2.24) is 9.97 Å². The maximum Gasteiger partial charge on any atom is 0.220 e. The summed E-state index contributed by atoms with van der Waals surface area (Å²) in [6.45, 7) is 0.444. The average molecular weight is 324 g/mol. The van der Waals surface area contributed by atoms with Crippen LogP contribution in [0.5, 0.6) is 11.6 Å². The Labute approximate surface area is 141 Å². The Hall–Kier alpha value is -2.69. The van der Waals surface area contributed by atoms with E-state index in [4.69, 9.17) is 9.47 Å². The molecule has 0 spiro atoms. The molecule has 0 saturated heterocycles. The Morgan fingerprint density at radius 3 is 2.75 bits per heavy atom. The predicted octanol–water partition coefficient (Wildman–Crippen LogP) is 3.70. The molecule has 0 unspecified atom stereocenters. The zero-order valence-corrected chi connectivity index (χ0v) is 13.7. The first-order chi connectivity index (χ1) is 11.8. The number of rotatable bonds is 6. The lowest BCUT2D eigenvalue weighted by Gasteiger charge is -2.22. The average Bonchev–Trinajstić information content (AvgIpc) is 2.66. The minimum Gasteiger partial charge on any atom is -0.487 e. The SMILES string of the molecule is COc1ncccc1C1=C(COc2cccnc2C=O)CCCC1. The molecule has 2 heterocycles. The summed E-state index contributed by atoms with van der Waals surface area (Å²) in [4.78, 5) is 19.4. The van der Waals surface area contributed by atoms with E-state index in [1.807, 2.05) is 12.1 Å². The van der Waals surface area contributed by atoms with Crippen LogP contribution in [0.15, 0.2) is 42.2 Å². The Balaban J connectivity index is 1.88. The summed E-state index contributed by atoms with van der Waals surface area (Å²) in [5.41, 5.74) is 3.82. The number of ether oxygens (including phenoxy) is 2. The summed E-state index contributed by atoms with van der Waals surface area (Å²) in [5.74, 6) is 1.16. The van der Waals surface area contributed by atoms with Crippen LogP contribution in [0, 0.1) is 0 Å². The number of aromatic nitrogens is 2. The monoisotopic (exact) mass is 324 g/mol. The molecule has 0 bridgehead atoms. The number of pyridine rings is 2. The highest BCUT2D eigenvalue weighted by molar-refractivity contribution is 5.76. The summed E-state index contributed by atoms with van der Waals surface area (Å²) in [6, 6.07) is 7.49. The van der Waals surface area contributed by atoms with E-state index >= 15 is 0 Å². The summed E-state index contributed by atoms with van der Waals surface area (Å²) < 4.78 is 11.3. The van der Waals surface area contributed by atoms with E-state index < -0.39 is 0 Å². The summed E-state index contributed by atoms with van der Waals surface area (Å²) in [6.07, 6.45) is 8.27. The van der Waals surface area contributed by atoms with Gasteiger partial charge >= 0.3 is 0 Å². The van der Waals surface area contributed by atoms with Gasteiger partial charge in [0.25, 0.3) is 0 Å². The third-order valence-corrected chi connectivity index (χ3v) is 4.19. The Kier molecular flexibility index (Phi) is 5.21. The highest BCUT2D eigenvalue weighted by Gasteiger charge is 2.19. The molecule has 0 amide bonds. The number of carbonyl (C=O) groups is 1. The van der Waals surface area contributed by atoms with Gasteiger partial charge in [-0.05, 0) is 61.1 Å². The van der Waals surface area contributed by atoms with Gasteiger partial charge in [0.05, 0.1) is 7.11 Å². The maximum atomic E-state index is 11.1. The Bertz CT molecular complexity index is 756. The van der Waals surface area contributed by atoms with Crippen LogP contribution in [0.3, 0.4) is 0 Å². The first-order valence-corrected chi connectivity index (χ1v) is 8.06. The van der Waals surface area contributed by atoms with Crippen LogP contribution in [-0.4, -0.2) is 30.0 Å². The van der Waals surface area contributed by atoms with Crippen LogP contribution < -0.4 is 9.47 Å². The molecular weight excluding hydrogens is 304 g/mol. The van der Waals surface area contributed by atoms with Crippen LogP contribution in [0.4, 0.5) is 0 Å². The zero-order chi connectivity index (χ0) is 16.8. The number of carbonyl (C=O) groups excluding carboxylic acids is 1. The predicted molar refractivity (Wildman–Crippen MR) is 91.3 cm³/mol. The molecule has 0 atom stereocenters. The van der Waals surface area contributed by atoms with Gasteiger partial charge < -0.3 is 9.47 Å². The van der Waals surface area contributed by atoms with Crippen LogP contribution in [0.1, 0.15) is 41.7 Å². The quantitative estimate of drug-likeness (QED) is 0.758. The van der Waals surface area contributed by atoms with Gasteiger partial charge in [-0.1, -0.05) is 0 Å². The Morgan fingerprint density at radius 2 is 1.92 bits per heavy atom. The van der Waals surface area contributed by atoms with Crippen LogP contribution >= 0.6 is 0 Å². The molecule has 1 aliphatic rings. The van der Waals surface area contributed by atoms with Gasteiger partial charge in [-0.15, -0.1) is 0 Å². The highest BCUT2D eigenvalue weighted by atomic mass is 16.5. The number of hydrogen-bond acceptors (Lipinski definition) is 5. The lowest BCUT2D eigenvalue weighted by Crippen LogP contribution is -2.10. The lowest BCUT2D eigenvalue weighted by molar-refractivity contribution is 0.111. The van der Waals surface area contributed by atoms with Crippen molar-refractivity contribution in [2.24, 2.45) is 0 Å². The molecule has 5 nitrogen and oxygen atoms in total. The fourth-order valence-electron chi connectivity index (χ4n) is 3.01. The van der Waals surface area contributed by atoms with Crippen LogP contribution in [0.2, 0.25) is 0 Å². The minimum absolute atomic E-state index is 0.328. The standard InChI is InChI=1S/C19H20N2O3/c1-23-19-16(8-4-11-21-19)15-7-3-2-6-14(15)13-24-18-9-5-10-20-17(18)12-22/h4-5,8-12H,2-3,6-7,13H2,1H3. The lowest BCUT2D eigenvalue weighted by atomic mass is 9.88. The fourth-order valence-corrected chi connectivity index (χ4v) is 3.01. The second-order valence-corrected chi connectivity index (χ2v) is 5.64. The van der Waals surface area contributed by atoms with Gasteiger partial charge in [-0.25, -0.2) is 9.97 Å². The van der Waals surface area contributed by atoms with Crippen molar-refractivity contribution in [3.63, 3.8) is 0 Å². The summed E-state index contributed by atoms with van der Waals surface area (Å²) in [7, 11) is 1.64. The molecule has 124 valence electrons. The number of methoxy groups -OCH3 is 1. The van der Waals surface area contributed by atoms with Crippen molar-refractivity contribution in [2.75, 3.05) is 13.7 Å². The third kappa shape index (κ3) is 3.45. The van der Waals surface area contributed by atoms with Gasteiger partial charge in [0.1, 0.15) is 18.1 Å². The molecule has 0 radical (unpaired) electrons. The fraction of sp³-hybridized carbons (Fsp3) is 0.316. The highest BCUT2D eigenvalue weighted by Crippen LogP contribution is 2.36. The number of allylic oxidation sites excluding steroid dienone is 1. The second kappa shape index (κ2) is 7.73. The summed E-state index contributed by atoms with van der Waals surface area (Å²) in [5, 5.41) is 0. The first-order valence-electron chi connectivity index (χ1n) is 8.06. The van der Waals surface area contributed by atoms with E-state index in [9.17, 15) is 4.79 Å². The summed E-state index contributed by atoms with van der Waals surface area (Å²) >= 11 is 0. The molecule has 5 heteroatoms. The molecule has 2 aromatic heterocycles. The molecule has 0 aromatic carbocycles. The smallest absolute Gasteiger partial charge is 0.220 e. The topological polar surface area (TPSA) is 61.3 Å². The molecule has 0 aliphatic heterocycles. The molecule has 0 saturated carbocycles. The van der Waals surface area contributed by atoms with E-state index in [1.165, 1.54) is 11.1 Å². The van der Waals surface area contributed by atoms with Crippen molar-refractivity contribution in [3.8, 4) is 11.6 Å². The van der Waals surface area contributed by atoms with Gasteiger partial charge in [-0.2, -0.15) is 0 Å². The van der Waals surface area contributed by atoms with Crippen molar-refractivity contribution < 1.29 is 14.3 Å². The van der Waals surface area contributed by atoms with E-state index in [1.54, 1.807) is 31.6 Å². The first kappa shape index (κ1) is 16.2. The normalized spacial score (nSPS) is 14.4. The van der Waals surface area contributed by atoms with E-state index in [0.717, 1.165) is 37.5 Å². The number of nitrogens with zero attached hydrogens (tertiary/aromatic N) is 2. The second-order valence-electron chi connectivity index (χ2n) is 5.64. The van der Waals surface area contributed by atoms with Crippen molar-refractivity contribution in [1.29, 1.82) is 0 Å². The van der Waals surface area contributed by atoms with Gasteiger partial charge in [0.2, 0.25) is 5.88 Å². The van der Waals surface area contributed by atoms with Gasteiger partial charge in [0, 0.05) is 18.0 Å². The van der Waals surface area contributed by atoms with Gasteiger partial charge in [-0.3, -0.25) is 4.79 Å². The molecule has 0 N–H and O–H groups in total. The maximum absolute atomic E-state index is 11.1. The number of hydrogen-bond donors (Lipinski definition) is 0. The van der Waals surface area contributed by atoms with Crippen LogP contribution in [0.25, 0.3) is 5.57 Å². The third-order valence-electron chi connectivity index (χ3n) is 4.19. The molecule has 24 heavy (non-hydrogen) atoms. The molecular formula is C19H20N2O3. The van der Waals surface area contributed by atoms with E-state index in [0.29, 0.717) is 23.9 Å². The van der Waals surface area contributed by atoms with Crippen LogP contribution in [-0.2, 0) is 0 Å². The molecule has 3 rings (SSSR count). The van der Waals surface area contributed by atoms with Crippen molar-refractivity contribution >= 4 is 11.9 Å². The molecule has 2 aromatic rings. The van der Waals surface area contributed by atoms with Gasteiger partial charge in [0.15, 0.2) is 6.29 Å². The van der Waals surface area contributed by atoms with Crippen molar-refractivity contribution in [3.05, 3.63) is 53.5 Å². The van der Waals surface area contributed by atoms with Crippen molar-refractivity contribution in [2.45, 2.75) is 25.7 Å². The van der Waals surface area contributed by atoms with E-state index in [-0.39, 0.29) is 0 Å². The number of aldehydes is 1. The largest absolute Gasteiger partial charge is 0.487 e. The Morgan fingerprint density at radius 1 is 1.12 bits per heavy atom.